The number of hydrogen-bond acceptors (Lipinski definition) is 3. The molecule has 88 valence electrons. The fraction of sp³-hybridized carbons (Fsp3) is 0.167. The van der Waals surface area contributed by atoms with E-state index in [1.165, 1.54) is 22.7 Å². The summed E-state index contributed by atoms with van der Waals surface area (Å²) in [5.74, 6) is 0.298. The van der Waals surface area contributed by atoms with E-state index in [-0.39, 0.29) is 11.7 Å². The van der Waals surface area contributed by atoms with Crippen LogP contribution in [0.2, 0.25) is 5.02 Å². The maximum atomic E-state index is 11.9. The van der Waals surface area contributed by atoms with Gasteiger partial charge in [0.25, 0.3) is 0 Å². The van der Waals surface area contributed by atoms with E-state index < -0.39 is 0 Å². The van der Waals surface area contributed by atoms with E-state index in [2.05, 4.69) is 0 Å². The maximum absolute atomic E-state index is 11.9. The Labute approximate surface area is 108 Å². The van der Waals surface area contributed by atoms with E-state index in [1.807, 2.05) is 0 Å². The van der Waals surface area contributed by atoms with Crippen molar-refractivity contribution in [3.05, 3.63) is 46.0 Å². The van der Waals surface area contributed by atoms with Crippen molar-refractivity contribution in [1.82, 2.24) is 4.90 Å². The first kappa shape index (κ1) is 12.2. The van der Waals surface area contributed by atoms with E-state index in [1.54, 1.807) is 31.3 Å². The van der Waals surface area contributed by atoms with E-state index in [9.17, 15) is 9.59 Å². The predicted molar refractivity (Wildman–Crippen MR) is 69.1 cm³/mol. The summed E-state index contributed by atoms with van der Waals surface area (Å²) in [5.41, 5.74) is 0.565. The lowest BCUT2D eigenvalue weighted by Gasteiger charge is -2.08. The SMILES string of the molecule is CN1C(=O)CS/C1=C\C(=O)c1ccc(Cl)cc1. The van der Waals surface area contributed by atoms with Crippen LogP contribution >= 0.6 is 23.4 Å². The summed E-state index contributed by atoms with van der Waals surface area (Å²) >= 11 is 7.12. The molecule has 1 aliphatic rings. The van der Waals surface area contributed by atoms with Gasteiger partial charge in [-0.1, -0.05) is 23.4 Å². The largest absolute Gasteiger partial charge is 0.309 e. The lowest BCUT2D eigenvalue weighted by atomic mass is 10.1. The van der Waals surface area contributed by atoms with E-state index in [4.69, 9.17) is 11.6 Å². The van der Waals surface area contributed by atoms with Crippen molar-refractivity contribution >= 4 is 35.1 Å². The van der Waals surface area contributed by atoms with Crippen molar-refractivity contribution < 1.29 is 9.59 Å². The van der Waals surface area contributed by atoms with Crippen molar-refractivity contribution in [2.45, 2.75) is 0 Å². The zero-order valence-corrected chi connectivity index (χ0v) is 10.7. The molecule has 0 aromatic heterocycles. The minimum absolute atomic E-state index is 0.0187. The summed E-state index contributed by atoms with van der Waals surface area (Å²) in [7, 11) is 1.67. The van der Waals surface area contributed by atoms with Crippen LogP contribution in [0.4, 0.5) is 0 Å². The molecule has 0 spiro atoms. The van der Waals surface area contributed by atoms with Gasteiger partial charge >= 0.3 is 0 Å². The van der Waals surface area contributed by atoms with Gasteiger partial charge in [0, 0.05) is 23.7 Å². The molecule has 0 unspecified atom stereocenters. The summed E-state index contributed by atoms with van der Waals surface area (Å²) in [6.07, 6.45) is 1.48. The zero-order valence-electron chi connectivity index (χ0n) is 9.14. The minimum atomic E-state index is -0.120. The summed E-state index contributed by atoms with van der Waals surface area (Å²) in [4.78, 5) is 24.7. The summed E-state index contributed by atoms with van der Waals surface area (Å²) in [5, 5.41) is 1.28. The smallest absolute Gasteiger partial charge is 0.237 e. The molecule has 0 atom stereocenters. The predicted octanol–water partition coefficient (Wildman–Crippen LogP) is 2.57. The van der Waals surface area contributed by atoms with E-state index in [0.29, 0.717) is 21.4 Å². The molecule has 17 heavy (non-hydrogen) atoms. The zero-order chi connectivity index (χ0) is 12.4. The number of amides is 1. The first-order chi connectivity index (χ1) is 8.08. The molecule has 0 bridgehead atoms. The topological polar surface area (TPSA) is 37.4 Å². The molecule has 1 aliphatic heterocycles. The monoisotopic (exact) mass is 267 g/mol. The van der Waals surface area contributed by atoms with Crippen molar-refractivity contribution in [3.63, 3.8) is 0 Å². The van der Waals surface area contributed by atoms with Crippen molar-refractivity contribution in [1.29, 1.82) is 0 Å². The van der Waals surface area contributed by atoms with E-state index >= 15 is 0 Å². The van der Waals surface area contributed by atoms with Gasteiger partial charge in [0.2, 0.25) is 5.91 Å². The second kappa shape index (κ2) is 4.94. The Morgan fingerprint density at radius 2 is 2.06 bits per heavy atom. The third-order valence-electron chi connectivity index (χ3n) is 2.43. The third kappa shape index (κ3) is 2.70. The van der Waals surface area contributed by atoms with Gasteiger partial charge in [-0.05, 0) is 24.3 Å². The molecular formula is C12H10ClNO2S. The molecule has 1 fully saturated rings. The number of carbonyl (C=O) groups is 2. The van der Waals surface area contributed by atoms with Crippen LogP contribution in [0.15, 0.2) is 35.4 Å². The highest BCUT2D eigenvalue weighted by molar-refractivity contribution is 8.04. The Morgan fingerprint density at radius 3 is 2.59 bits per heavy atom. The molecule has 0 aliphatic carbocycles. The van der Waals surface area contributed by atoms with Gasteiger partial charge < -0.3 is 4.90 Å². The first-order valence-electron chi connectivity index (χ1n) is 4.99. The van der Waals surface area contributed by atoms with Crippen LogP contribution in [0, 0.1) is 0 Å². The lowest BCUT2D eigenvalue weighted by molar-refractivity contribution is -0.124. The number of carbonyl (C=O) groups excluding carboxylic acids is 2. The average Bonchev–Trinajstić information content (AvgIpc) is 2.62. The normalized spacial score (nSPS) is 17.9. The molecule has 5 heteroatoms. The van der Waals surface area contributed by atoms with Crippen LogP contribution in [-0.2, 0) is 4.79 Å². The van der Waals surface area contributed by atoms with Crippen LogP contribution < -0.4 is 0 Å². The Balaban J connectivity index is 2.19. The van der Waals surface area contributed by atoms with E-state index in [0.717, 1.165) is 0 Å². The van der Waals surface area contributed by atoms with Crippen molar-refractivity contribution in [2.75, 3.05) is 12.8 Å². The molecule has 1 amide bonds. The highest BCUT2D eigenvalue weighted by Gasteiger charge is 2.23. The Morgan fingerprint density at radius 1 is 1.41 bits per heavy atom. The summed E-state index contributed by atoms with van der Waals surface area (Å²) in [6, 6.07) is 6.68. The lowest BCUT2D eigenvalue weighted by Crippen LogP contribution is -2.19. The van der Waals surface area contributed by atoms with Crippen LogP contribution in [0.5, 0.6) is 0 Å². The number of ketones is 1. The Bertz CT molecular complexity index is 496. The van der Waals surface area contributed by atoms with Gasteiger partial charge in [0.05, 0.1) is 10.8 Å². The fourth-order valence-electron chi connectivity index (χ4n) is 1.40. The molecule has 0 radical (unpaired) electrons. The molecule has 1 heterocycles. The van der Waals surface area contributed by atoms with Crippen LogP contribution in [0.3, 0.4) is 0 Å². The average molecular weight is 268 g/mol. The van der Waals surface area contributed by atoms with Gasteiger partial charge in [-0.15, -0.1) is 0 Å². The molecule has 1 saturated heterocycles. The standard InChI is InChI=1S/C12H10ClNO2S/c1-14-11(16)7-17-12(14)6-10(15)8-2-4-9(13)5-3-8/h2-6H,7H2,1H3/b12-6-. The second-order valence-corrected chi connectivity index (χ2v) is 5.03. The van der Waals surface area contributed by atoms with Gasteiger partial charge in [-0.2, -0.15) is 0 Å². The number of halogens is 1. The Hall–Kier alpha value is -1.26. The number of allylic oxidation sites excluding steroid dienone is 1. The molecule has 0 N–H and O–H groups in total. The highest BCUT2D eigenvalue weighted by Crippen LogP contribution is 2.27. The molecule has 1 aromatic carbocycles. The van der Waals surface area contributed by atoms with Gasteiger partial charge in [-0.3, -0.25) is 9.59 Å². The summed E-state index contributed by atoms with van der Waals surface area (Å²) in [6.45, 7) is 0. The van der Waals surface area contributed by atoms with Crippen LogP contribution in [0.1, 0.15) is 10.4 Å². The highest BCUT2D eigenvalue weighted by atomic mass is 35.5. The molecule has 0 saturated carbocycles. The number of thioether (sulfide) groups is 1. The van der Waals surface area contributed by atoms with Crippen molar-refractivity contribution in [2.24, 2.45) is 0 Å². The molecule has 1 aromatic rings. The van der Waals surface area contributed by atoms with Crippen molar-refractivity contribution in [3.8, 4) is 0 Å². The van der Waals surface area contributed by atoms with Crippen LogP contribution in [-0.4, -0.2) is 29.4 Å². The number of rotatable bonds is 2. The minimum Gasteiger partial charge on any atom is -0.309 e. The number of hydrogen-bond donors (Lipinski definition) is 0. The second-order valence-electron chi connectivity index (χ2n) is 3.60. The fourth-order valence-corrected chi connectivity index (χ4v) is 2.48. The third-order valence-corrected chi connectivity index (χ3v) is 3.76. The molecular weight excluding hydrogens is 258 g/mol. The number of nitrogens with zero attached hydrogens (tertiary/aromatic N) is 1. The first-order valence-corrected chi connectivity index (χ1v) is 6.35. The summed E-state index contributed by atoms with van der Waals surface area (Å²) < 4.78 is 0. The van der Waals surface area contributed by atoms with Gasteiger partial charge in [0.1, 0.15) is 0 Å². The van der Waals surface area contributed by atoms with Crippen LogP contribution in [0.25, 0.3) is 0 Å². The maximum Gasteiger partial charge on any atom is 0.237 e. The van der Waals surface area contributed by atoms with Gasteiger partial charge in [0.15, 0.2) is 5.78 Å². The molecule has 2 rings (SSSR count). The Kier molecular flexibility index (Phi) is 3.54. The molecule has 3 nitrogen and oxygen atoms in total. The number of benzene rings is 1. The van der Waals surface area contributed by atoms with Gasteiger partial charge in [-0.25, -0.2) is 0 Å². The quantitative estimate of drug-likeness (QED) is 0.611.